The Morgan fingerprint density at radius 1 is 1.13 bits per heavy atom. The van der Waals surface area contributed by atoms with Crippen molar-refractivity contribution < 1.29 is 49.4 Å². The van der Waals surface area contributed by atoms with Crippen LogP contribution in [-0.2, 0) is 36.1 Å². The minimum absolute atomic E-state index is 0.00525. The molecule has 1 aromatic heterocycles. The van der Waals surface area contributed by atoms with Gasteiger partial charge in [-0.25, -0.2) is 31.3 Å². The number of aryl methyl sites for hydroxylation is 1. The first-order chi connectivity index (χ1) is 21.0. The number of H-pyrrole nitrogens is 1. The van der Waals surface area contributed by atoms with Crippen molar-refractivity contribution in [2.45, 2.75) is 42.1 Å². The summed E-state index contributed by atoms with van der Waals surface area (Å²) in [5.74, 6) is -2.64. The van der Waals surface area contributed by atoms with Crippen LogP contribution in [0, 0.1) is 6.92 Å². The molecule has 12 nitrogen and oxygen atoms in total. The molecule has 4 N–H and O–H groups in total. The molecule has 4 aromatic rings. The number of sulfonamides is 2. The van der Waals surface area contributed by atoms with Crippen LogP contribution in [0.3, 0.4) is 0 Å². The molecule has 1 aliphatic rings. The highest BCUT2D eigenvalue weighted by Crippen LogP contribution is 2.31. The van der Waals surface area contributed by atoms with Gasteiger partial charge in [-0.05, 0) is 54.3 Å². The summed E-state index contributed by atoms with van der Waals surface area (Å²) >= 11 is 0. The Hall–Kier alpha value is -4.48. The van der Waals surface area contributed by atoms with Crippen molar-refractivity contribution in [3.63, 3.8) is 0 Å². The molecular weight excluding hydrogens is 641 g/mol. The molecule has 0 saturated carbocycles. The predicted octanol–water partition coefficient (Wildman–Crippen LogP) is 3.67. The number of amides is 1. The van der Waals surface area contributed by atoms with Crippen LogP contribution in [0.4, 0.5) is 13.2 Å². The third-order valence-corrected chi connectivity index (χ3v) is 9.89. The number of para-hydroxylation sites is 2. The Kier molecular flexibility index (Phi) is 9.55. The Morgan fingerprint density at radius 3 is 2.33 bits per heavy atom. The molecule has 45 heavy (non-hydrogen) atoms. The number of nitrogens with one attached hydrogen (secondary N) is 3. The number of hydrogen-bond donors (Lipinski definition) is 4. The Morgan fingerprint density at radius 2 is 1.78 bits per heavy atom. The molecule has 1 aliphatic heterocycles. The lowest BCUT2D eigenvalue weighted by atomic mass is 10.0. The average molecular weight is 669 g/mol. The van der Waals surface area contributed by atoms with E-state index in [1.165, 1.54) is 13.2 Å². The van der Waals surface area contributed by atoms with E-state index in [1.807, 2.05) is 35.9 Å². The summed E-state index contributed by atoms with van der Waals surface area (Å²) in [6.45, 7) is 1.84. The topological polar surface area (TPSA) is 185 Å². The minimum Gasteiger partial charge on any atom is -0.495 e. The molecule has 2 heterocycles. The third kappa shape index (κ3) is 7.98. The van der Waals surface area contributed by atoms with Crippen molar-refractivity contribution in [1.82, 2.24) is 19.4 Å². The van der Waals surface area contributed by atoms with Gasteiger partial charge < -0.3 is 14.8 Å². The number of benzene rings is 3. The summed E-state index contributed by atoms with van der Waals surface area (Å²) in [5, 5.41) is 6.17. The lowest BCUT2D eigenvalue weighted by Gasteiger charge is -2.19. The van der Waals surface area contributed by atoms with E-state index in [-0.39, 0.29) is 23.5 Å². The summed E-state index contributed by atoms with van der Waals surface area (Å²) in [4.78, 5) is 28.3. The predicted molar refractivity (Wildman–Crippen MR) is 155 cm³/mol. The van der Waals surface area contributed by atoms with Crippen LogP contribution in [0.25, 0.3) is 11.0 Å². The van der Waals surface area contributed by atoms with Gasteiger partial charge in [-0.2, -0.15) is 13.2 Å². The molecule has 1 amide bonds. The second-order valence-corrected chi connectivity index (χ2v) is 13.5. The number of carboxylic acids is 1. The molecule has 1 fully saturated rings. The maximum Gasteiger partial charge on any atom is 0.490 e. The highest BCUT2D eigenvalue weighted by atomic mass is 32.2. The molecule has 1 unspecified atom stereocenters. The van der Waals surface area contributed by atoms with E-state index in [4.69, 9.17) is 14.6 Å². The number of ether oxygens (including phenoxy) is 1. The van der Waals surface area contributed by atoms with Crippen LogP contribution in [0.2, 0.25) is 0 Å². The van der Waals surface area contributed by atoms with Crippen LogP contribution >= 0.6 is 0 Å². The number of methoxy groups -OCH3 is 1. The largest absolute Gasteiger partial charge is 0.495 e. The van der Waals surface area contributed by atoms with Gasteiger partial charge in [-0.3, -0.25) is 9.52 Å². The summed E-state index contributed by atoms with van der Waals surface area (Å²) in [6, 6.07) is 18.2. The van der Waals surface area contributed by atoms with Gasteiger partial charge in [0.1, 0.15) is 21.7 Å². The summed E-state index contributed by atoms with van der Waals surface area (Å²) in [6.07, 6.45) is -5.00. The lowest BCUT2D eigenvalue weighted by molar-refractivity contribution is -0.192. The first kappa shape index (κ1) is 33.4. The number of aromatic nitrogens is 2. The van der Waals surface area contributed by atoms with E-state index in [0.717, 1.165) is 16.6 Å². The van der Waals surface area contributed by atoms with E-state index in [9.17, 15) is 34.8 Å². The number of hydrogen-bond acceptors (Lipinski definition) is 8. The molecule has 0 radical (unpaired) electrons. The number of carboxylic acid groups (broad SMARTS) is 1. The number of carbonyl (C=O) groups is 2. The Bertz CT molecular complexity index is 1910. The lowest BCUT2D eigenvalue weighted by Crippen LogP contribution is -2.31. The van der Waals surface area contributed by atoms with Gasteiger partial charge in [-0.15, -0.1) is 0 Å². The van der Waals surface area contributed by atoms with Crippen molar-refractivity contribution in [1.29, 1.82) is 0 Å². The SMILES string of the molecule is COc1cc(C)ccc1S(=O)(=O)N[C@@H](Cc1ccc(C2CC(=O)NS2(=O)=O)cc1)c1nc2ccccc2[nH]1.O=C(O)C(F)(F)F. The number of rotatable bonds is 8. The van der Waals surface area contributed by atoms with Gasteiger partial charge >= 0.3 is 12.1 Å². The number of aliphatic carboxylic acids is 1. The Balaban J connectivity index is 0.000000591. The van der Waals surface area contributed by atoms with Crippen molar-refractivity contribution >= 4 is 43.0 Å². The van der Waals surface area contributed by atoms with Crippen LogP contribution in [-0.4, -0.2) is 57.1 Å². The van der Waals surface area contributed by atoms with Crippen LogP contribution in [0.15, 0.2) is 71.6 Å². The van der Waals surface area contributed by atoms with E-state index < -0.39 is 49.4 Å². The first-order valence-electron chi connectivity index (χ1n) is 13.0. The monoisotopic (exact) mass is 668 g/mol. The highest BCUT2D eigenvalue weighted by molar-refractivity contribution is 7.90. The zero-order chi connectivity index (χ0) is 33.2. The van der Waals surface area contributed by atoms with E-state index in [2.05, 4.69) is 14.7 Å². The molecule has 5 rings (SSSR count). The molecule has 2 atom stereocenters. The van der Waals surface area contributed by atoms with Crippen LogP contribution in [0.1, 0.15) is 40.2 Å². The summed E-state index contributed by atoms with van der Waals surface area (Å²) in [7, 11) is -6.38. The fourth-order valence-electron chi connectivity index (χ4n) is 4.53. The molecular formula is C28H27F3N4O8S2. The average Bonchev–Trinajstić information content (AvgIpc) is 3.51. The van der Waals surface area contributed by atoms with Gasteiger partial charge in [0, 0.05) is 0 Å². The number of imidazole rings is 1. The number of aromatic amines is 1. The minimum atomic E-state index is -5.08. The van der Waals surface area contributed by atoms with Crippen molar-refractivity contribution in [3.8, 4) is 5.75 Å². The molecule has 0 bridgehead atoms. The van der Waals surface area contributed by atoms with E-state index in [0.29, 0.717) is 16.9 Å². The second kappa shape index (κ2) is 12.9. The van der Waals surface area contributed by atoms with Gasteiger partial charge in [0.25, 0.3) is 0 Å². The summed E-state index contributed by atoms with van der Waals surface area (Å²) in [5.41, 5.74) is 3.54. The van der Waals surface area contributed by atoms with Crippen molar-refractivity contribution in [3.05, 3.63) is 89.2 Å². The van der Waals surface area contributed by atoms with E-state index >= 15 is 0 Å². The van der Waals surface area contributed by atoms with Gasteiger partial charge in [0.15, 0.2) is 0 Å². The fourth-order valence-corrected chi connectivity index (χ4v) is 7.31. The number of carbonyl (C=O) groups excluding carboxylic acids is 1. The third-order valence-electron chi connectivity index (χ3n) is 6.68. The number of nitrogens with zero attached hydrogens (tertiary/aromatic N) is 1. The van der Waals surface area contributed by atoms with Gasteiger partial charge in [0.2, 0.25) is 26.0 Å². The smallest absolute Gasteiger partial charge is 0.490 e. The maximum absolute atomic E-state index is 13.5. The van der Waals surface area contributed by atoms with Crippen LogP contribution < -0.4 is 14.2 Å². The molecule has 0 aliphatic carbocycles. The fraction of sp³-hybridized carbons (Fsp3) is 0.250. The highest BCUT2D eigenvalue weighted by Gasteiger charge is 2.39. The van der Waals surface area contributed by atoms with Gasteiger partial charge in [-0.1, -0.05) is 42.5 Å². The number of alkyl halides is 3. The quantitative estimate of drug-likeness (QED) is 0.218. The van der Waals surface area contributed by atoms with Gasteiger partial charge in [0.05, 0.1) is 30.6 Å². The number of halogens is 3. The van der Waals surface area contributed by atoms with Crippen LogP contribution in [0.5, 0.6) is 5.75 Å². The normalized spacial score (nSPS) is 16.8. The molecule has 3 aromatic carbocycles. The molecule has 17 heteroatoms. The summed E-state index contributed by atoms with van der Waals surface area (Å²) < 4.78 is 93.3. The number of fused-ring (bicyclic) bond motifs is 1. The Labute approximate surface area is 255 Å². The zero-order valence-corrected chi connectivity index (χ0v) is 25.3. The first-order valence-corrected chi connectivity index (χ1v) is 16.1. The maximum atomic E-state index is 13.5. The molecule has 240 valence electrons. The van der Waals surface area contributed by atoms with Crippen molar-refractivity contribution in [2.24, 2.45) is 0 Å². The van der Waals surface area contributed by atoms with Crippen molar-refractivity contribution in [2.75, 3.05) is 7.11 Å². The standard InChI is InChI=1S/C26H26N4O6S2.C2HF3O2/c1-16-7-12-23(22(13-16)36-2)37(32,33)29-21(26-27-19-5-3-4-6-20(19)28-26)14-17-8-10-18(11-9-17)24-15-25(31)30-38(24,34)35;3-2(4,5)1(6)7/h3-13,21,24,29H,14-15H2,1-2H3,(H,27,28)(H,30,31);(H,6,7)/t21-,24?;/m0./s1. The molecule has 1 saturated heterocycles. The zero-order valence-electron chi connectivity index (χ0n) is 23.6. The second-order valence-electron chi connectivity index (χ2n) is 9.98. The molecule has 0 spiro atoms. The van der Waals surface area contributed by atoms with E-state index in [1.54, 1.807) is 36.4 Å².